The summed E-state index contributed by atoms with van der Waals surface area (Å²) in [5, 5.41) is 5.50. The van der Waals surface area contributed by atoms with Crippen LogP contribution in [0.4, 0.5) is 11.4 Å². The highest BCUT2D eigenvalue weighted by Gasteiger charge is 2.22. The van der Waals surface area contributed by atoms with E-state index in [2.05, 4.69) is 10.6 Å². The smallest absolute Gasteiger partial charge is 0.242 e. The van der Waals surface area contributed by atoms with Crippen molar-refractivity contribution in [2.75, 3.05) is 17.7 Å². The van der Waals surface area contributed by atoms with Crippen LogP contribution in [-0.4, -0.2) is 18.9 Å². The largest absolute Gasteiger partial charge is 0.497 e. The first-order valence-electron chi connectivity index (χ1n) is 10.8. The lowest BCUT2D eigenvalue weighted by Crippen LogP contribution is -2.19. The molecule has 172 valence electrons. The number of carbonyl (C=O) groups is 2. The van der Waals surface area contributed by atoms with E-state index in [0.717, 1.165) is 21.9 Å². The Morgan fingerprint density at radius 1 is 0.848 bits per heavy atom. The molecule has 0 bridgehead atoms. The predicted molar refractivity (Wildman–Crippen MR) is 136 cm³/mol. The second-order valence-corrected chi connectivity index (χ2v) is 10.1. The molecular weight excluding hydrogens is 432 g/mol. The van der Waals surface area contributed by atoms with Crippen LogP contribution in [0, 0.1) is 5.41 Å². The first-order chi connectivity index (χ1) is 15.7. The van der Waals surface area contributed by atoms with E-state index >= 15 is 0 Å². The zero-order valence-electron chi connectivity index (χ0n) is 19.4. The van der Waals surface area contributed by atoms with Gasteiger partial charge in [0.2, 0.25) is 11.8 Å². The van der Waals surface area contributed by atoms with E-state index in [1.165, 1.54) is 11.8 Å². The van der Waals surface area contributed by atoms with Gasteiger partial charge in [0, 0.05) is 22.7 Å². The summed E-state index contributed by atoms with van der Waals surface area (Å²) in [6, 6.07) is 24.5. The van der Waals surface area contributed by atoms with Gasteiger partial charge in [0.05, 0.1) is 7.11 Å². The normalized spacial score (nSPS) is 12.0. The molecule has 6 heteroatoms. The van der Waals surface area contributed by atoms with E-state index in [9.17, 15) is 9.59 Å². The number of amides is 2. The summed E-state index contributed by atoms with van der Waals surface area (Å²) in [6.07, 6.45) is 0.450. The molecule has 1 unspecified atom stereocenters. The molecule has 33 heavy (non-hydrogen) atoms. The Hall–Kier alpha value is -3.25. The Kier molecular flexibility index (Phi) is 8.17. The Balaban J connectivity index is 1.72. The summed E-state index contributed by atoms with van der Waals surface area (Å²) in [7, 11) is 1.61. The van der Waals surface area contributed by atoms with E-state index in [0.29, 0.717) is 12.1 Å². The number of ether oxygens (including phenoxy) is 1. The number of methoxy groups -OCH3 is 1. The summed E-state index contributed by atoms with van der Waals surface area (Å²) < 4.78 is 5.18. The van der Waals surface area contributed by atoms with Crippen molar-refractivity contribution < 1.29 is 14.3 Å². The average molecular weight is 463 g/mol. The third-order valence-electron chi connectivity index (χ3n) is 4.78. The molecule has 3 rings (SSSR count). The van der Waals surface area contributed by atoms with Gasteiger partial charge < -0.3 is 15.4 Å². The molecule has 2 N–H and O–H groups in total. The van der Waals surface area contributed by atoms with Crippen molar-refractivity contribution in [1.29, 1.82) is 0 Å². The van der Waals surface area contributed by atoms with Crippen molar-refractivity contribution in [3.63, 3.8) is 0 Å². The molecule has 3 aromatic rings. The first kappa shape index (κ1) is 24.4. The van der Waals surface area contributed by atoms with Gasteiger partial charge in [-0.2, -0.15) is 0 Å². The van der Waals surface area contributed by atoms with Crippen LogP contribution in [-0.2, 0) is 9.59 Å². The van der Waals surface area contributed by atoms with Gasteiger partial charge in [0.25, 0.3) is 0 Å². The molecule has 0 fully saturated rings. The Bertz CT molecular complexity index is 1060. The Morgan fingerprint density at radius 2 is 1.42 bits per heavy atom. The number of rotatable bonds is 8. The van der Waals surface area contributed by atoms with E-state index in [-0.39, 0.29) is 17.2 Å². The third kappa shape index (κ3) is 7.68. The number of benzene rings is 3. The molecule has 0 aliphatic rings. The molecular formula is C27H30N2O3S. The van der Waals surface area contributed by atoms with Gasteiger partial charge in [-0.3, -0.25) is 9.59 Å². The fraction of sp³-hybridized carbons (Fsp3) is 0.259. The molecule has 0 radical (unpaired) electrons. The van der Waals surface area contributed by atoms with Crippen molar-refractivity contribution in [3.05, 3.63) is 84.4 Å². The Labute approximate surface area is 199 Å². The van der Waals surface area contributed by atoms with Crippen LogP contribution in [0.15, 0.2) is 83.8 Å². The number of nitrogens with one attached hydrogen (secondary N) is 2. The molecule has 1 atom stereocenters. The minimum atomic E-state index is -0.436. The van der Waals surface area contributed by atoms with Crippen LogP contribution >= 0.6 is 11.8 Å². The van der Waals surface area contributed by atoms with Crippen molar-refractivity contribution in [1.82, 2.24) is 0 Å². The fourth-order valence-corrected chi connectivity index (χ4v) is 4.25. The number of hydrogen-bond donors (Lipinski definition) is 2. The minimum absolute atomic E-state index is 0.0102. The molecule has 5 nitrogen and oxygen atoms in total. The molecule has 0 aliphatic carbocycles. The van der Waals surface area contributed by atoms with Crippen LogP contribution < -0.4 is 15.4 Å². The lowest BCUT2D eigenvalue weighted by Gasteiger charge is -2.18. The Morgan fingerprint density at radius 3 is 2.00 bits per heavy atom. The molecule has 0 saturated heterocycles. The standard InChI is InChI=1S/C27H30N2O3S/c1-27(2,3)18-24(30)28-20-12-16-23(17-13-20)33-25(19-8-6-5-7-9-19)26(31)29-21-10-14-22(32-4)15-11-21/h5-17,25H,18H2,1-4H3,(H,28,30)(H,29,31). The second-order valence-electron chi connectivity index (χ2n) is 8.94. The summed E-state index contributed by atoms with van der Waals surface area (Å²) in [5.41, 5.74) is 2.29. The summed E-state index contributed by atoms with van der Waals surface area (Å²) >= 11 is 1.46. The predicted octanol–water partition coefficient (Wildman–Crippen LogP) is 6.54. The van der Waals surface area contributed by atoms with Crippen molar-refractivity contribution in [3.8, 4) is 5.75 Å². The van der Waals surface area contributed by atoms with Gasteiger partial charge in [0.15, 0.2) is 0 Å². The van der Waals surface area contributed by atoms with E-state index in [4.69, 9.17) is 4.74 Å². The number of hydrogen-bond acceptors (Lipinski definition) is 4. The van der Waals surface area contributed by atoms with Crippen molar-refractivity contribution in [2.24, 2.45) is 5.41 Å². The maximum atomic E-state index is 13.2. The zero-order valence-corrected chi connectivity index (χ0v) is 20.2. The number of anilines is 2. The lowest BCUT2D eigenvalue weighted by molar-refractivity contribution is -0.118. The maximum absolute atomic E-state index is 13.2. The molecule has 0 aliphatic heterocycles. The molecule has 2 amide bonds. The molecule has 3 aromatic carbocycles. The summed E-state index contributed by atoms with van der Waals surface area (Å²) in [5.74, 6) is 0.611. The highest BCUT2D eigenvalue weighted by molar-refractivity contribution is 8.00. The SMILES string of the molecule is COc1ccc(NC(=O)C(Sc2ccc(NC(=O)CC(C)(C)C)cc2)c2ccccc2)cc1. The zero-order chi connectivity index (χ0) is 23.8. The van der Waals surface area contributed by atoms with Crippen molar-refractivity contribution in [2.45, 2.75) is 37.3 Å². The first-order valence-corrected chi connectivity index (χ1v) is 11.7. The third-order valence-corrected chi connectivity index (χ3v) is 6.05. The van der Waals surface area contributed by atoms with Crippen LogP contribution in [0.25, 0.3) is 0 Å². The maximum Gasteiger partial charge on any atom is 0.242 e. The van der Waals surface area contributed by atoms with E-state index in [1.54, 1.807) is 7.11 Å². The molecule has 0 heterocycles. The second kappa shape index (κ2) is 11.1. The van der Waals surface area contributed by atoms with Gasteiger partial charge in [-0.05, 0) is 59.5 Å². The fourth-order valence-electron chi connectivity index (χ4n) is 3.22. The molecule has 0 spiro atoms. The van der Waals surface area contributed by atoms with Crippen LogP contribution in [0.3, 0.4) is 0 Å². The van der Waals surface area contributed by atoms with E-state index < -0.39 is 5.25 Å². The monoisotopic (exact) mass is 462 g/mol. The van der Waals surface area contributed by atoms with Gasteiger partial charge in [-0.25, -0.2) is 0 Å². The highest BCUT2D eigenvalue weighted by atomic mass is 32.2. The average Bonchev–Trinajstić information content (AvgIpc) is 2.78. The van der Waals surface area contributed by atoms with Crippen molar-refractivity contribution >= 4 is 35.0 Å². The highest BCUT2D eigenvalue weighted by Crippen LogP contribution is 2.37. The van der Waals surface area contributed by atoms with Crippen LogP contribution in [0.1, 0.15) is 38.0 Å². The van der Waals surface area contributed by atoms with Gasteiger partial charge in [0.1, 0.15) is 11.0 Å². The topological polar surface area (TPSA) is 67.4 Å². The summed E-state index contributed by atoms with van der Waals surface area (Å²) in [6.45, 7) is 6.10. The molecule has 0 saturated carbocycles. The van der Waals surface area contributed by atoms with E-state index in [1.807, 2.05) is 99.6 Å². The quantitative estimate of drug-likeness (QED) is 0.373. The van der Waals surface area contributed by atoms with Gasteiger partial charge in [-0.15, -0.1) is 11.8 Å². The lowest BCUT2D eigenvalue weighted by atomic mass is 9.92. The summed E-state index contributed by atoms with van der Waals surface area (Å²) in [4.78, 5) is 26.3. The van der Waals surface area contributed by atoms with Crippen LogP contribution in [0.5, 0.6) is 5.75 Å². The van der Waals surface area contributed by atoms with Gasteiger partial charge in [-0.1, -0.05) is 51.1 Å². The number of carbonyl (C=O) groups excluding carboxylic acids is 2. The molecule has 0 aromatic heterocycles. The minimum Gasteiger partial charge on any atom is -0.497 e. The number of thioether (sulfide) groups is 1. The van der Waals surface area contributed by atoms with Crippen LogP contribution in [0.2, 0.25) is 0 Å². The van der Waals surface area contributed by atoms with Gasteiger partial charge >= 0.3 is 0 Å².